The standard InChI is InChI=1S/C26H37N7O6S2/c1-13-22(36)29-15(3)24(38)32-19(21(27)35)12-41-26-17-8-10-40-20(17)11-33(26)9-6-5-7-18(31-16(4)34)25(39)30-14(2)23(37)28-13/h8,10-11,13-15,18-19H,5-7,9,12H2,1-4H3,(H2,27,35)(H,28,37)(H,29,36)(H,30,39)(H,31,34)(H,32,38)/t13-,14-,15-,18-,19-/m0/s1. The fourth-order valence-electron chi connectivity index (χ4n) is 4.27. The molecule has 3 heterocycles. The summed E-state index contributed by atoms with van der Waals surface area (Å²) in [6, 6.07) is -2.88. The Balaban J connectivity index is 1.86. The van der Waals surface area contributed by atoms with Gasteiger partial charge in [-0.05, 0) is 51.5 Å². The topological polar surface area (TPSA) is 194 Å². The summed E-state index contributed by atoms with van der Waals surface area (Å²) in [7, 11) is 0. The third-order valence-corrected chi connectivity index (χ3v) is 8.68. The van der Waals surface area contributed by atoms with Crippen LogP contribution in [-0.4, -0.2) is 76.0 Å². The van der Waals surface area contributed by atoms with Gasteiger partial charge < -0.3 is 36.9 Å². The fourth-order valence-corrected chi connectivity index (χ4v) is 6.38. The maximum Gasteiger partial charge on any atom is 0.243 e. The van der Waals surface area contributed by atoms with E-state index in [0.717, 1.165) is 15.1 Å². The fraction of sp³-hybridized carbons (Fsp3) is 0.538. The van der Waals surface area contributed by atoms with Crippen LogP contribution in [0.4, 0.5) is 0 Å². The number of fused-ring (bicyclic) bond motifs is 3. The van der Waals surface area contributed by atoms with Gasteiger partial charge in [-0.25, -0.2) is 0 Å². The smallest absolute Gasteiger partial charge is 0.243 e. The number of rotatable bonds is 2. The average molecular weight is 608 g/mol. The Labute approximate surface area is 246 Å². The molecule has 0 saturated heterocycles. The normalized spacial score (nSPS) is 26.0. The molecule has 0 aromatic carbocycles. The number of hydrogen-bond donors (Lipinski definition) is 6. The SMILES string of the molecule is CC(=O)N[C@H]1CCCCn2cc3sccc3c2SC[C@@H](C(N)=O)NC(=O)[C@H](C)NC(=O)[C@H](C)NC(=O)[C@H](C)NC1=O. The van der Waals surface area contributed by atoms with Crippen LogP contribution >= 0.6 is 23.1 Å². The number of nitrogens with one attached hydrogen (secondary N) is 5. The number of aromatic nitrogens is 1. The van der Waals surface area contributed by atoms with Crippen molar-refractivity contribution in [1.82, 2.24) is 31.2 Å². The van der Waals surface area contributed by atoms with Gasteiger partial charge in [-0.15, -0.1) is 23.1 Å². The Morgan fingerprint density at radius 3 is 2.10 bits per heavy atom. The van der Waals surface area contributed by atoms with Gasteiger partial charge >= 0.3 is 0 Å². The predicted molar refractivity (Wildman–Crippen MR) is 156 cm³/mol. The number of carbonyl (C=O) groups excluding carboxylic acids is 6. The predicted octanol–water partition coefficient (Wildman–Crippen LogP) is -0.0323. The molecular formula is C26H37N7O6S2. The minimum absolute atomic E-state index is 0.172. The van der Waals surface area contributed by atoms with E-state index in [1.54, 1.807) is 11.3 Å². The Bertz CT molecular complexity index is 1310. The molecule has 0 spiro atoms. The number of hydrogen-bond acceptors (Lipinski definition) is 8. The number of thiophene rings is 1. The maximum atomic E-state index is 12.9. The molecule has 15 heteroatoms. The molecule has 7 N–H and O–H groups in total. The lowest BCUT2D eigenvalue weighted by Gasteiger charge is -2.23. The minimum Gasteiger partial charge on any atom is -0.368 e. The lowest BCUT2D eigenvalue weighted by molar-refractivity contribution is -0.134. The molecule has 0 radical (unpaired) electrons. The van der Waals surface area contributed by atoms with E-state index in [-0.39, 0.29) is 11.7 Å². The monoisotopic (exact) mass is 607 g/mol. The van der Waals surface area contributed by atoms with Crippen LogP contribution in [0.5, 0.6) is 0 Å². The van der Waals surface area contributed by atoms with Gasteiger partial charge in [0.05, 0.1) is 9.73 Å². The van der Waals surface area contributed by atoms with Gasteiger partial charge in [0.25, 0.3) is 0 Å². The minimum atomic E-state index is -1.03. The number of primary amides is 1. The van der Waals surface area contributed by atoms with E-state index in [2.05, 4.69) is 31.2 Å². The number of nitrogens with zero attached hydrogens (tertiary/aromatic N) is 1. The van der Waals surface area contributed by atoms with Crippen molar-refractivity contribution in [3.8, 4) is 0 Å². The third-order valence-electron chi connectivity index (χ3n) is 6.60. The number of thioether (sulfide) groups is 1. The van der Waals surface area contributed by atoms with Gasteiger partial charge in [0.2, 0.25) is 35.4 Å². The molecule has 1 aliphatic rings. The zero-order valence-corrected chi connectivity index (χ0v) is 25.1. The van der Waals surface area contributed by atoms with Gasteiger partial charge in [-0.2, -0.15) is 0 Å². The second-order valence-electron chi connectivity index (χ2n) is 10.0. The lowest BCUT2D eigenvalue weighted by Crippen LogP contribution is -2.57. The molecule has 224 valence electrons. The molecular weight excluding hydrogens is 570 g/mol. The molecule has 3 rings (SSSR count). The molecule has 0 saturated carbocycles. The van der Waals surface area contributed by atoms with Crippen LogP contribution in [0.25, 0.3) is 10.1 Å². The second-order valence-corrected chi connectivity index (χ2v) is 12.0. The van der Waals surface area contributed by atoms with Crippen molar-refractivity contribution in [3.63, 3.8) is 0 Å². The van der Waals surface area contributed by atoms with Crippen LogP contribution in [0.15, 0.2) is 22.7 Å². The zero-order chi connectivity index (χ0) is 30.3. The van der Waals surface area contributed by atoms with Crippen LogP contribution in [-0.2, 0) is 35.3 Å². The van der Waals surface area contributed by atoms with Crippen molar-refractivity contribution >= 4 is 68.6 Å². The average Bonchev–Trinajstić information content (AvgIpc) is 3.48. The molecule has 0 aliphatic carbocycles. The molecule has 41 heavy (non-hydrogen) atoms. The largest absolute Gasteiger partial charge is 0.368 e. The van der Waals surface area contributed by atoms with Crippen molar-refractivity contribution in [1.29, 1.82) is 0 Å². The zero-order valence-electron chi connectivity index (χ0n) is 23.4. The van der Waals surface area contributed by atoms with Crippen molar-refractivity contribution in [2.45, 2.75) is 88.7 Å². The van der Waals surface area contributed by atoms with Crippen LogP contribution in [0.3, 0.4) is 0 Å². The quantitative estimate of drug-likeness (QED) is 0.276. The van der Waals surface area contributed by atoms with E-state index >= 15 is 0 Å². The molecule has 0 bridgehead atoms. The molecule has 5 atom stereocenters. The van der Waals surface area contributed by atoms with Gasteiger partial charge in [-0.3, -0.25) is 28.8 Å². The molecule has 0 fully saturated rings. The molecule has 2 aromatic rings. The van der Waals surface area contributed by atoms with Crippen LogP contribution < -0.4 is 32.3 Å². The molecule has 6 amide bonds. The molecule has 1 aliphatic heterocycles. The maximum absolute atomic E-state index is 12.9. The van der Waals surface area contributed by atoms with Crippen molar-refractivity contribution in [3.05, 3.63) is 17.6 Å². The van der Waals surface area contributed by atoms with E-state index in [1.165, 1.54) is 39.5 Å². The lowest BCUT2D eigenvalue weighted by atomic mass is 10.1. The van der Waals surface area contributed by atoms with E-state index in [0.29, 0.717) is 25.8 Å². The van der Waals surface area contributed by atoms with E-state index < -0.39 is 59.7 Å². The van der Waals surface area contributed by atoms with Crippen LogP contribution in [0, 0.1) is 0 Å². The van der Waals surface area contributed by atoms with Gasteiger partial charge in [0, 0.05) is 30.8 Å². The first-order chi connectivity index (χ1) is 19.4. The highest BCUT2D eigenvalue weighted by molar-refractivity contribution is 7.99. The Kier molecular flexibility index (Phi) is 11.2. The molecule has 0 unspecified atom stereocenters. The van der Waals surface area contributed by atoms with Crippen LogP contribution in [0.2, 0.25) is 0 Å². The highest BCUT2D eigenvalue weighted by Crippen LogP contribution is 2.34. The highest BCUT2D eigenvalue weighted by atomic mass is 32.2. The summed E-state index contributed by atoms with van der Waals surface area (Å²) in [5, 5.41) is 16.8. The molecule has 2 aromatic heterocycles. The van der Waals surface area contributed by atoms with Crippen LogP contribution in [0.1, 0.15) is 47.0 Å². The first kappa shape index (κ1) is 31.9. The summed E-state index contributed by atoms with van der Waals surface area (Å²) >= 11 is 2.97. The van der Waals surface area contributed by atoms with E-state index in [9.17, 15) is 28.8 Å². The first-order valence-corrected chi connectivity index (χ1v) is 15.2. The summed E-state index contributed by atoms with van der Waals surface area (Å²) in [6.45, 7) is 6.29. The summed E-state index contributed by atoms with van der Waals surface area (Å²) in [4.78, 5) is 75.1. The van der Waals surface area contributed by atoms with Gasteiger partial charge in [0.15, 0.2) is 0 Å². The number of nitrogens with two attached hydrogens (primary N) is 1. The number of aryl methyl sites for hydroxylation is 1. The van der Waals surface area contributed by atoms with Gasteiger partial charge in [-0.1, -0.05) is 0 Å². The number of amides is 6. The Morgan fingerprint density at radius 1 is 0.927 bits per heavy atom. The second kappa shape index (κ2) is 14.3. The van der Waals surface area contributed by atoms with E-state index in [4.69, 9.17) is 5.73 Å². The van der Waals surface area contributed by atoms with Crippen molar-refractivity contribution in [2.75, 3.05) is 5.75 Å². The summed E-state index contributed by atoms with van der Waals surface area (Å²) in [5.74, 6) is -3.27. The summed E-state index contributed by atoms with van der Waals surface area (Å²) in [6.07, 6.45) is 3.66. The highest BCUT2D eigenvalue weighted by Gasteiger charge is 2.28. The van der Waals surface area contributed by atoms with Crippen molar-refractivity contribution in [2.24, 2.45) is 5.73 Å². The number of carbonyl (C=O) groups is 6. The third kappa shape index (κ3) is 8.70. The van der Waals surface area contributed by atoms with E-state index in [1.807, 2.05) is 17.6 Å². The Morgan fingerprint density at radius 2 is 1.51 bits per heavy atom. The van der Waals surface area contributed by atoms with Gasteiger partial charge in [0.1, 0.15) is 30.2 Å². The summed E-state index contributed by atoms with van der Waals surface area (Å²) in [5.41, 5.74) is 5.60. The summed E-state index contributed by atoms with van der Waals surface area (Å²) < 4.78 is 3.13. The molecule has 13 nitrogen and oxygen atoms in total. The Hall–Kier alpha value is -3.59. The first-order valence-electron chi connectivity index (χ1n) is 13.3. The van der Waals surface area contributed by atoms with Crippen molar-refractivity contribution < 1.29 is 28.8 Å².